The molecule has 0 saturated heterocycles. The number of para-hydroxylation sites is 1. The first-order chi connectivity index (χ1) is 19.0. The number of benzene rings is 2. The van der Waals surface area contributed by atoms with Crippen molar-refractivity contribution in [2.75, 3.05) is 26.4 Å². The van der Waals surface area contributed by atoms with Crippen LogP contribution in [0.4, 0.5) is 0 Å². The van der Waals surface area contributed by atoms with Crippen molar-refractivity contribution in [1.82, 2.24) is 14.7 Å². The summed E-state index contributed by atoms with van der Waals surface area (Å²) in [7, 11) is 0. The molecule has 1 aliphatic rings. The van der Waals surface area contributed by atoms with Crippen LogP contribution >= 0.6 is 0 Å². The topological polar surface area (TPSA) is 97.4 Å². The molecular formula is C31H32N4O4. The van der Waals surface area contributed by atoms with Crippen molar-refractivity contribution in [2.45, 2.75) is 33.6 Å². The summed E-state index contributed by atoms with van der Waals surface area (Å²) in [5.41, 5.74) is 3.66. The third-order valence-corrected chi connectivity index (χ3v) is 6.36. The third-order valence-electron chi connectivity index (χ3n) is 6.36. The molecule has 3 aromatic rings. The second-order valence-corrected chi connectivity index (χ2v) is 9.07. The van der Waals surface area contributed by atoms with Gasteiger partial charge in [-0.3, -0.25) is 14.5 Å². The van der Waals surface area contributed by atoms with Crippen LogP contribution in [0, 0.1) is 11.3 Å². The fraction of sp³-hybridized carbons (Fsp3) is 0.290. The van der Waals surface area contributed by atoms with Gasteiger partial charge in [0.25, 0.3) is 11.8 Å². The molecule has 2 amide bonds. The summed E-state index contributed by atoms with van der Waals surface area (Å²) in [5.74, 6) is -0.240. The van der Waals surface area contributed by atoms with Gasteiger partial charge in [0.15, 0.2) is 0 Å². The highest BCUT2D eigenvalue weighted by molar-refractivity contribution is 6.19. The molecule has 0 atom stereocenters. The summed E-state index contributed by atoms with van der Waals surface area (Å²) in [6.07, 6.45) is 4.97. The molecule has 1 aliphatic heterocycles. The Kier molecular flexibility index (Phi) is 9.08. The van der Waals surface area contributed by atoms with Gasteiger partial charge in [-0.1, -0.05) is 25.1 Å². The lowest BCUT2D eigenvalue weighted by Gasteiger charge is -2.27. The first kappa shape index (κ1) is 27.6. The number of imide groups is 1. The number of rotatable bonds is 11. The van der Waals surface area contributed by atoms with E-state index in [0.717, 1.165) is 28.3 Å². The maximum atomic E-state index is 13.6. The largest absolute Gasteiger partial charge is 0.494 e. The predicted molar refractivity (Wildman–Crippen MR) is 149 cm³/mol. The Hall–Kier alpha value is -4.48. The van der Waals surface area contributed by atoms with Gasteiger partial charge in [0.2, 0.25) is 0 Å². The van der Waals surface area contributed by atoms with E-state index >= 15 is 0 Å². The highest BCUT2D eigenvalue weighted by Gasteiger charge is 2.35. The van der Waals surface area contributed by atoms with E-state index in [9.17, 15) is 14.9 Å². The van der Waals surface area contributed by atoms with Gasteiger partial charge in [-0.2, -0.15) is 10.4 Å². The van der Waals surface area contributed by atoms with Crippen LogP contribution in [-0.4, -0.2) is 52.9 Å². The maximum absolute atomic E-state index is 13.6. The van der Waals surface area contributed by atoms with Gasteiger partial charge in [0.05, 0.1) is 18.0 Å². The zero-order chi connectivity index (χ0) is 27.8. The molecule has 200 valence electrons. The normalized spacial score (nSPS) is 14.7. The minimum atomic E-state index is -0.573. The van der Waals surface area contributed by atoms with Crippen LogP contribution in [0.1, 0.15) is 39.2 Å². The van der Waals surface area contributed by atoms with E-state index < -0.39 is 11.8 Å². The van der Waals surface area contributed by atoms with Crippen molar-refractivity contribution in [3.63, 3.8) is 0 Å². The molecule has 0 unspecified atom stereocenters. The lowest BCUT2D eigenvalue weighted by atomic mass is 9.93. The van der Waals surface area contributed by atoms with E-state index in [-0.39, 0.29) is 12.1 Å². The molecule has 0 radical (unpaired) electrons. The van der Waals surface area contributed by atoms with E-state index in [1.54, 1.807) is 17.7 Å². The number of hydrogen-bond donors (Lipinski definition) is 0. The molecule has 8 nitrogen and oxygen atoms in total. The van der Waals surface area contributed by atoms with E-state index in [2.05, 4.69) is 6.92 Å². The lowest BCUT2D eigenvalue weighted by molar-refractivity contribution is -0.140. The van der Waals surface area contributed by atoms with Crippen LogP contribution in [0.5, 0.6) is 5.75 Å². The molecule has 0 saturated carbocycles. The van der Waals surface area contributed by atoms with Crippen LogP contribution in [-0.2, 0) is 14.3 Å². The van der Waals surface area contributed by atoms with E-state index in [1.165, 1.54) is 0 Å². The third kappa shape index (κ3) is 6.16. The second kappa shape index (κ2) is 12.9. The summed E-state index contributed by atoms with van der Waals surface area (Å²) in [6.45, 7) is 7.35. The smallest absolute Gasteiger partial charge is 0.271 e. The van der Waals surface area contributed by atoms with Crippen molar-refractivity contribution in [1.29, 1.82) is 5.26 Å². The number of nitriles is 1. The second-order valence-electron chi connectivity index (χ2n) is 9.07. The molecular weight excluding hydrogens is 492 g/mol. The Bertz CT molecular complexity index is 1430. The highest BCUT2D eigenvalue weighted by Crippen LogP contribution is 2.32. The average Bonchev–Trinajstić information content (AvgIpc) is 3.38. The van der Waals surface area contributed by atoms with Crippen LogP contribution in [0.15, 0.2) is 77.5 Å². The van der Waals surface area contributed by atoms with E-state index in [1.807, 2.05) is 73.8 Å². The van der Waals surface area contributed by atoms with Gasteiger partial charge >= 0.3 is 0 Å². The van der Waals surface area contributed by atoms with E-state index in [4.69, 9.17) is 14.6 Å². The van der Waals surface area contributed by atoms with Crippen LogP contribution in [0.3, 0.4) is 0 Å². The summed E-state index contributed by atoms with van der Waals surface area (Å²) in [5, 5.41) is 14.6. The van der Waals surface area contributed by atoms with Crippen molar-refractivity contribution < 1.29 is 19.1 Å². The molecule has 0 bridgehead atoms. The van der Waals surface area contributed by atoms with Crippen molar-refractivity contribution in [3.8, 4) is 28.8 Å². The standard InChI is InChI=1S/C31H32N4O4/c1-4-17-39-26-14-12-23(13-15-26)29-24(21-35(33-29)25-10-7-6-8-11-25)19-27-22(3)28(20-32)31(37)34(30(27)36)16-9-18-38-5-2/h6-8,10-15,19,21H,4-5,9,16-18H2,1-3H3/b27-19+. The number of carbonyl (C=O) groups is 2. The number of amides is 2. The summed E-state index contributed by atoms with van der Waals surface area (Å²) < 4.78 is 12.9. The Morgan fingerprint density at radius 1 is 1.00 bits per heavy atom. The fourth-order valence-electron chi connectivity index (χ4n) is 4.32. The predicted octanol–water partition coefficient (Wildman–Crippen LogP) is 5.35. The number of carbonyl (C=O) groups excluding carboxylic acids is 2. The minimum absolute atomic E-state index is 0.0355. The van der Waals surface area contributed by atoms with Gasteiger partial charge in [0.1, 0.15) is 17.4 Å². The Morgan fingerprint density at radius 2 is 1.74 bits per heavy atom. The Balaban J connectivity index is 1.79. The Labute approximate surface area is 228 Å². The number of ether oxygens (including phenoxy) is 2. The van der Waals surface area contributed by atoms with Crippen molar-refractivity contribution in [3.05, 3.63) is 83.1 Å². The average molecular weight is 525 g/mol. The highest BCUT2D eigenvalue weighted by atomic mass is 16.5. The number of aromatic nitrogens is 2. The maximum Gasteiger partial charge on any atom is 0.271 e. The van der Waals surface area contributed by atoms with E-state index in [0.29, 0.717) is 48.6 Å². The molecule has 0 aliphatic carbocycles. The van der Waals surface area contributed by atoms with Crippen LogP contribution in [0.2, 0.25) is 0 Å². The van der Waals surface area contributed by atoms with Crippen LogP contribution in [0.25, 0.3) is 23.0 Å². The monoisotopic (exact) mass is 524 g/mol. The number of nitrogens with zero attached hydrogens (tertiary/aromatic N) is 4. The SMILES string of the molecule is CCCOc1ccc(-c2nn(-c3ccccc3)cc2/C=C2/C(=O)N(CCCOCC)C(=O)C(C#N)=C2C)cc1. The van der Waals surface area contributed by atoms with Gasteiger partial charge in [0, 0.05) is 42.7 Å². The molecule has 39 heavy (non-hydrogen) atoms. The van der Waals surface area contributed by atoms with Gasteiger partial charge < -0.3 is 9.47 Å². The lowest BCUT2D eigenvalue weighted by Crippen LogP contribution is -2.43. The number of hydrogen-bond acceptors (Lipinski definition) is 6. The zero-order valence-corrected chi connectivity index (χ0v) is 22.5. The first-order valence-electron chi connectivity index (χ1n) is 13.1. The summed E-state index contributed by atoms with van der Waals surface area (Å²) >= 11 is 0. The van der Waals surface area contributed by atoms with Crippen LogP contribution < -0.4 is 4.74 Å². The summed E-state index contributed by atoms with van der Waals surface area (Å²) in [6, 6.07) is 19.3. The molecule has 2 aromatic carbocycles. The summed E-state index contributed by atoms with van der Waals surface area (Å²) in [4.78, 5) is 27.6. The molecule has 0 N–H and O–H groups in total. The molecule has 4 rings (SSSR count). The molecule has 1 aromatic heterocycles. The van der Waals surface area contributed by atoms with Gasteiger partial charge in [-0.05, 0) is 74.7 Å². The molecule has 8 heteroatoms. The quantitative estimate of drug-likeness (QED) is 0.191. The zero-order valence-electron chi connectivity index (χ0n) is 22.5. The van der Waals surface area contributed by atoms with Gasteiger partial charge in [-0.25, -0.2) is 4.68 Å². The minimum Gasteiger partial charge on any atom is -0.494 e. The van der Waals surface area contributed by atoms with Gasteiger partial charge in [-0.15, -0.1) is 0 Å². The molecule has 2 heterocycles. The fourth-order valence-corrected chi connectivity index (χ4v) is 4.32. The molecule has 0 spiro atoms. The molecule has 0 fully saturated rings. The Morgan fingerprint density at radius 3 is 2.41 bits per heavy atom. The van der Waals surface area contributed by atoms with Crippen molar-refractivity contribution >= 4 is 17.9 Å². The van der Waals surface area contributed by atoms with Crippen molar-refractivity contribution in [2.24, 2.45) is 0 Å². The first-order valence-corrected chi connectivity index (χ1v) is 13.1.